The van der Waals surface area contributed by atoms with Gasteiger partial charge in [0.25, 0.3) is 0 Å². The Hall–Kier alpha value is -0.570. The molecule has 0 saturated carbocycles. The zero-order valence-corrected chi connectivity index (χ0v) is 10.6. The first kappa shape index (κ1) is 15.4. The van der Waals surface area contributed by atoms with Gasteiger partial charge in [0.15, 0.2) is 0 Å². The molecule has 0 spiro atoms. The molecule has 0 aromatic heterocycles. The van der Waals surface area contributed by atoms with Crippen molar-refractivity contribution in [3.63, 3.8) is 0 Å². The second kappa shape index (κ2) is 10.9. The number of hydrogen-bond acceptors (Lipinski definition) is 2. The van der Waals surface area contributed by atoms with Gasteiger partial charge in [-0.1, -0.05) is 39.0 Å². The highest BCUT2D eigenvalue weighted by Crippen LogP contribution is 2.15. The van der Waals surface area contributed by atoms with Gasteiger partial charge in [0, 0.05) is 6.42 Å². The lowest BCUT2D eigenvalue weighted by molar-refractivity contribution is -0.137. The molecular weight excluding hydrogens is 202 g/mol. The summed E-state index contributed by atoms with van der Waals surface area (Å²) in [6, 6.07) is 0. The molecule has 0 aliphatic rings. The molecule has 1 atom stereocenters. The van der Waals surface area contributed by atoms with Crippen LogP contribution in [0.5, 0.6) is 0 Å². The minimum absolute atomic E-state index is 0.321. The van der Waals surface area contributed by atoms with Crippen molar-refractivity contribution in [1.82, 2.24) is 0 Å². The average Bonchev–Trinajstić information content (AvgIpc) is 2.26. The fourth-order valence-corrected chi connectivity index (χ4v) is 2.03. The van der Waals surface area contributed by atoms with Gasteiger partial charge >= 0.3 is 5.97 Å². The third-order valence-electron chi connectivity index (χ3n) is 3.03. The van der Waals surface area contributed by atoms with E-state index in [4.69, 9.17) is 10.8 Å². The van der Waals surface area contributed by atoms with Crippen LogP contribution in [0.3, 0.4) is 0 Å². The molecule has 3 N–H and O–H groups in total. The Kier molecular flexibility index (Phi) is 10.5. The zero-order valence-electron chi connectivity index (χ0n) is 10.6. The van der Waals surface area contributed by atoms with Crippen molar-refractivity contribution in [3.8, 4) is 0 Å². The molecule has 0 amide bonds. The van der Waals surface area contributed by atoms with Crippen molar-refractivity contribution >= 4 is 5.97 Å². The van der Waals surface area contributed by atoms with Crippen LogP contribution in [0.15, 0.2) is 0 Å². The number of carboxylic acids is 1. The molecule has 1 unspecified atom stereocenters. The molecule has 0 aromatic carbocycles. The Bertz CT molecular complexity index is 171. The predicted octanol–water partition coefficient (Wildman–Crippen LogP) is 3.18. The summed E-state index contributed by atoms with van der Waals surface area (Å²) in [5.74, 6) is 0.0233. The number of aliphatic carboxylic acids is 1. The molecule has 0 fully saturated rings. The van der Waals surface area contributed by atoms with Crippen LogP contribution < -0.4 is 5.73 Å². The van der Waals surface area contributed by atoms with Crippen molar-refractivity contribution in [2.24, 2.45) is 11.7 Å². The van der Waals surface area contributed by atoms with E-state index in [9.17, 15) is 4.79 Å². The van der Waals surface area contributed by atoms with Crippen LogP contribution in [-0.4, -0.2) is 17.6 Å². The van der Waals surface area contributed by atoms with E-state index in [-0.39, 0.29) is 0 Å². The van der Waals surface area contributed by atoms with Gasteiger partial charge in [-0.15, -0.1) is 0 Å². The molecule has 0 bridgehead atoms. The summed E-state index contributed by atoms with van der Waals surface area (Å²) in [6.45, 7) is 3.02. The highest BCUT2D eigenvalue weighted by molar-refractivity contribution is 5.66. The smallest absolute Gasteiger partial charge is 0.303 e. The topological polar surface area (TPSA) is 63.3 Å². The van der Waals surface area contributed by atoms with Gasteiger partial charge in [-0.2, -0.15) is 0 Å². The van der Waals surface area contributed by atoms with E-state index in [0.29, 0.717) is 12.3 Å². The molecule has 0 radical (unpaired) electrons. The quantitative estimate of drug-likeness (QED) is 0.535. The van der Waals surface area contributed by atoms with Crippen molar-refractivity contribution in [3.05, 3.63) is 0 Å². The fraction of sp³-hybridized carbons (Fsp3) is 0.923. The second-order valence-electron chi connectivity index (χ2n) is 4.59. The third kappa shape index (κ3) is 9.97. The maximum atomic E-state index is 10.3. The summed E-state index contributed by atoms with van der Waals surface area (Å²) in [4.78, 5) is 10.3. The van der Waals surface area contributed by atoms with E-state index in [0.717, 1.165) is 25.8 Å². The molecule has 0 aromatic rings. The molecule has 16 heavy (non-hydrogen) atoms. The Morgan fingerprint density at radius 2 is 1.75 bits per heavy atom. The van der Waals surface area contributed by atoms with Crippen molar-refractivity contribution < 1.29 is 9.90 Å². The first-order valence-electron chi connectivity index (χ1n) is 6.62. The third-order valence-corrected chi connectivity index (χ3v) is 3.03. The normalized spacial score (nSPS) is 12.6. The van der Waals surface area contributed by atoms with Gasteiger partial charge in [-0.3, -0.25) is 4.79 Å². The van der Waals surface area contributed by atoms with E-state index < -0.39 is 5.97 Å². The Labute approximate surface area is 99.4 Å². The molecule has 0 saturated heterocycles. The maximum Gasteiger partial charge on any atom is 0.303 e. The van der Waals surface area contributed by atoms with E-state index in [1.165, 1.54) is 32.1 Å². The zero-order chi connectivity index (χ0) is 12.2. The van der Waals surface area contributed by atoms with E-state index in [1.54, 1.807) is 0 Å². The molecule has 96 valence electrons. The average molecular weight is 229 g/mol. The molecule has 3 heteroatoms. The number of unbranched alkanes of at least 4 members (excludes halogenated alkanes) is 4. The van der Waals surface area contributed by atoms with Crippen LogP contribution in [-0.2, 0) is 4.79 Å². The van der Waals surface area contributed by atoms with Crippen molar-refractivity contribution in [2.75, 3.05) is 6.54 Å². The summed E-state index contributed by atoms with van der Waals surface area (Å²) in [5.41, 5.74) is 5.69. The van der Waals surface area contributed by atoms with Crippen LogP contribution in [0.1, 0.15) is 64.7 Å². The summed E-state index contributed by atoms with van der Waals surface area (Å²) >= 11 is 0. The van der Waals surface area contributed by atoms with Crippen LogP contribution >= 0.6 is 0 Å². The summed E-state index contributed by atoms with van der Waals surface area (Å²) in [7, 11) is 0. The minimum atomic E-state index is -0.675. The highest BCUT2D eigenvalue weighted by atomic mass is 16.4. The molecule has 0 aliphatic heterocycles. The number of hydrogen-bond donors (Lipinski definition) is 2. The van der Waals surface area contributed by atoms with Crippen molar-refractivity contribution in [1.29, 1.82) is 0 Å². The monoisotopic (exact) mass is 229 g/mol. The van der Waals surface area contributed by atoms with Gasteiger partial charge in [0.1, 0.15) is 0 Å². The Morgan fingerprint density at radius 1 is 1.12 bits per heavy atom. The van der Waals surface area contributed by atoms with Gasteiger partial charge in [-0.05, 0) is 31.7 Å². The summed E-state index contributed by atoms with van der Waals surface area (Å²) in [6.07, 6.45) is 9.53. The summed E-state index contributed by atoms with van der Waals surface area (Å²) in [5, 5.41) is 8.47. The van der Waals surface area contributed by atoms with Gasteiger partial charge in [0.05, 0.1) is 0 Å². The summed E-state index contributed by atoms with van der Waals surface area (Å²) < 4.78 is 0. The number of rotatable bonds is 11. The molecule has 0 heterocycles. The van der Waals surface area contributed by atoms with Crippen LogP contribution in [0, 0.1) is 5.92 Å². The van der Waals surface area contributed by atoms with E-state index in [1.807, 2.05) is 0 Å². The van der Waals surface area contributed by atoms with E-state index >= 15 is 0 Å². The SMILES string of the molecule is CCCC(CN)CCCCCCCC(=O)O. The molecular formula is C13H27NO2. The second-order valence-corrected chi connectivity index (χ2v) is 4.59. The number of carboxylic acid groups (broad SMARTS) is 1. The number of nitrogens with two attached hydrogens (primary N) is 1. The lowest BCUT2D eigenvalue weighted by atomic mass is 9.96. The van der Waals surface area contributed by atoms with Crippen LogP contribution in [0.2, 0.25) is 0 Å². The molecule has 3 nitrogen and oxygen atoms in total. The highest BCUT2D eigenvalue weighted by Gasteiger charge is 2.04. The molecule has 0 rings (SSSR count). The van der Waals surface area contributed by atoms with Gasteiger partial charge in [-0.25, -0.2) is 0 Å². The standard InChI is InChI=1S/C13H27NO2/c1-2-8-12(11-14)9-6-4-3-5-7-10-13(15)16/h12H,2-11,14H2,1H3,(H,15,16). The number of carbonyl (C=O) groups is 1. The first-order valence-corrected chi connectivity index (χ1v) is 6.62. The molecule has 0 aliphatic carbocycles. The van der Waals surface area contributed by atoms with Gasteiger partial charge in [0.2, 0.25) is 0 Å². The van der Waals surface area contributed by atoms with Crippen LogP contribution in [0.4, 0.5) is 0 Å². The lowest BCUT2D eigenvalue weighted by Crippen LogP contribution is -2.13. The largest absolute Gasteiger partial charge is 0.481 e. The van der Waals surface area contributed by atoms with E-state index in [2.05, 4.69) is 6.92 Å². The minimum Gasteiger partial charge on any atom is -0.481 e. The first-order chi connectivity index (χ1) is 7.70. The fourth-order valence-electron chi connectivity index (χ4n) is 2.03. The van der Waals surface area contributed by atoms with Crippen LogP contribution in [0.25, 0.3) is 0 Å². The van der Waals surface area contributed by atoms with Gasteiger partial charge < -0.3 is 10.8 Å². The lowest BCUT2D eigenvalue weighted by Gasteiger charge is -2.12. The Morgan fingerprint density at radius 3 is 2.31 bits per heavy atom. The Balaban J connectivity index is 3.22. The van der Waals surface area contributed by atoms with Crippen molar-refractivity contribution in [2.45, 2.75) is 64.7 Å². The predicted molar refractivity (Wildman–Crippen MR) is 67.4 cm³/mol. The maximum absolute atomic E-state index is 10.3.